The van der Waals surface area contributed by atoms with E-state index >= 15 is 0 Å². The maximum Gasteiger partial charge on any atom is 0.128 e. The van der Waals surface area contributed by atoms with Gasteiger partial charge >= 0.3 is 0 Å². The second-order valence-electron chi connectivity index (χ2n) is 4.60. The van der Waals surface area contributed by atoms with Gasteiger partial charge in [0.05, 0.1) is 17.9 Å². The van der Waals surface area contributed by atoms with Crippen LogP contribution in [0.2, 0.25) is 0 Å². The molecule has 0 amide bonds. The van der Waals surface area contributed by atoms with Crippen molar-refractivity contribution in [1.82, 2.24) is 9.78 Å². The van der Waals surface area contributed by atoms with Gasteiger partial charge in [-0.15, -0.1) is 0 Å². The molecule has 3 rings (SSSR count). The molecule has 0 fully saturated rings. The van der Waals surface area contributed by atoms with Crippen LogP contribution in [0.5, 0.6) is 0 Å². The van der Waals surface area contributed by atoms with Crippen molar-refractivity contribution in [1.29, 1.82) is 0 Å². The monoisotopic (exact) mass is 285 g/mol. The lowest BCUT2D eigenvalue weighted by molar-refractivity contribution is 0.584. The molecule has 0 atom stereocenters. The number of nitrogens with one attached hydrogen (secondary N) is 1. The molecule has 1 N–H and O–H groups in total. The SMILES string of the molecule is Fc1cc(F)cc(NCc2ccn(-c3ccccc3)n2)c1. The van der Waals surface area contributed by atoms with Crippen LogP contribution in [0.4, 0.5) is 14.5 Å². The zero-order chi connectivity index (χ0) is 14.7. The molecule has 0 spiro atoms. The van der Waals surface area contributed by atoms with Gasteiger partial charge in [0.15, 0.2) is 0 Å². The minimum Gasteiger partial charge on any atom is -0.379 e. The van der Waals surface area contributed by atoms with Crippen LogP contribution in [0.15, 0.2) is 60.8 Å². The minimum absolute atomic E-state index is 0.391. The van der Waals surface area contributed by atoms with E-state index in [4.69, 9.17) is 0 Å². The second-order valence-corrected chi connectivity index (χ2v) is 4.60. The summed E-state index contributed by atoms with van der Waals surface area (Å²) >= 11 is 0. The van der Waals surface area contributed by atoms with Gasteiger partial charge in [-0.05, 0) is 30.3 Å². The van der Waals surface area contributed by atoms with Crippen LogP contribution in [0, 0.1) is 11.6 Å². The Bertz CT molecular complexity index is 718. The molecular weight excluding hydrogens is 272 g/mol. The Kier molecular flexibility index (Phi) is 3.64. The molecule has 106 valence electrons. The summed E-state index contributed by atoms with van der Waals surface area (Å²) in [6.07, 6.45) is 1.85. The lowest BCUT2D eigenvalue weighted by Gasteiger charge is -2.05. The van der Waals surface area contributed by atoms with Crippen LogP contribution in [0.3, 0.4) is 0 Å². The average molecular weight is 285 g/mol. The van der Waals surface area contributed by atoms with Crippen molar-refractivity contribution < 1.29 is 8.78 Å². The Balaban J connectivity index is 1.70. The van der Waals surface area contributed by atoms with Crippen LogP contribution < -0.4 is 5.32 Å². The summed E-state index contributed by atoms with van der Waals surface area (Å²) in [4.78, 5) is 0. The first-order chi connectivity index (χ1) is 10.2. The van der Waals surface area contributed by atoms with E-state index in [2.05, 4.69) is 10.4 Å². The van der Waals surface area contributed by atoms with Gasteiger partial charge in [0.25, 0.3) is 0 Å². The zero-order valence-corrected chi connectivity index (χ0v) is 11.1. The number of rotatable bonds is 4. The zero-order valence-electron chi connectivity index (χ0n) is 11.1. The number of benzene rings is 2. The molecule has 0 saturated carbocycles. The number of halogens is 2. The fourth-order valence-corrected chi connectivity index (χ4v) is 2.03. The third kappa shape index (κ3) is 3.25. The number of anilines is 1. The Morgan fingerprint density at radius 3 is 2.38 bits per heavy atom. The van der Waals surface area contributed by atoms with E-state index in [0.717, 1.165) is 17.4 Å². The van der Waals surface area contributed by atoms with Crippen molar-refractivity contribution in [3.63, 3.8) is 0 Å². The van der Waals surface area contributed by atoms with Crippen molar-refractivity contribution in [3.05, 3.63) is 78.1 Å². The molecule has 1 heterocycles. The molecular formula is C16H13F2N3. The van der Waals surface area contributed by atoms with E-state index in [1.807, 2.05) is 42.6 Å². The van der Waals surface area contributed by atoms with Gasteiger partial charge in [0.1, 0.15) is 11.6 Å². The lowest BCUT2D eigenvalue weighted by Crippen LogP contribution is -2.02. The van der Waals surface area contributed by atoms with Crippen LogP contribution in [-0.4, -0.2) is 9.78 Å². The van der Waals surface area contributed by atoms with E-state index in [-0.39, 0.29) is 0 Å². The summed E-state index contributed by atoms with van der Waals surface area (Å²) in [6, 6.07) is 14.9. The standard InChI is InChI=1S/C16H13F2N3/c17-12-8-13(18)10-15(9-12)19-11-14-6-7-21(20-14)16-4-2-1-3-5-16/h1-10,19H,11H2. The Hall–Kier alpha value is -2.69. The van der Waals surface area contributed by atoms with E-state index in [0.29, 0.717) is 12.2 Å². The summed E-state index contributed by atoms with van der Waals surface area (Å²) in [5, 5.41) is 7.36. The third-order valence-electron chi connectivity index (χ3n) is 3.00. The first kappa shape index (κ1) is 13.3. The number of hydrogen-bond donors (Lipinski definition) is 1. The van der Waals surface area contributed by atoms with Crippen molar-refractivity contribution in [3.8, 4) is 5.69 Å². The highest BCUT2D eigenvalue weighted by Crippen LogP contribution is 2.14. The summed E-state index contributed by atoms with van der Waals surface area (Å²) in [7, 11) is 0. The molecule has 5 heteroatoms. The molecule has 0 aliphatic heterocycles. The summed E-state index contributed by atoms with van der Waals surface area (Å²) in [6.45, 7) is 0.392. The third-order valence-corrected chi connectivity index (χ3v) is 3.00. The average Bonchev–Trinajstić information content (AvgIpc) is 2.94. The highest BCUT2D eigenvalue weighted by atomic mass is 19.1. The maximum absolute atomic E-state index is 13.1. The molecule has 3 aromatic rings. The highest BCUT2D eigenvalue weighted by molar-refractivity contribution is 5.44. The molecule has 2 aromatic carbocycles. The first-order valence-electron chi connectivity index (χ1n) is 6.51. The first-order valence-corrected chi connectivity index (χ1v) is 6.51. The van der Waals surface area contributed by atoms with Gasteiger partial charge in [-0.25, -0.2) is 13.5 Å². The molecule has 0 aliphatic rings. The number of aromatic nitrogens is 2. The number of nitrogens with zero attached hydrogens (tertiary/aromatic N) is 2. The Morgan fingerprint density at radius 2 is 1.67 bits per heavy atom. The van der Waals surface area contributed by atoms with Crippen molar-refractivity contribution in [2.24, 2.45) is 0 Å². The summed E-state index contributed by atoms with van der Waals surface area (Å²) in [5.74, 6) is -1.21. The molecule has 0 unspecified atom stereocenters. The van der Waals surface area contributed by atoms with E-state index in [9.17, 15) is 8.78 Å². The van der Waals surface area contributed by atoms with Gasteiger partial charge < -0.3 is 5.32 Å². The van der Waals surface area contributed by atoms with Crippen molar-refractivity contribution in [2.75, 3.05) is 5.32 Å². The van der Waals surface area contributed by atoms with Gasteiger partial charge in [-0.2, -0.15) is 5.10 Å². The predicted molar refractivity (Wildman–Crippen MR) is 77.2 cm³/mol. The fraction of sp³-hybridized carbons (Fsp3) is 0.0625. The predicted octanol–water partition coefficient (Wildman–Crippen LogP) is 3.76. The normalized spacial score (nSPS) is 10.6. The largest absolute Gasteiger partial charge is 0.379 e. The van der Waals surface area contributed by atoms with Crippen molar-refractivity contribution in [2.45, 2.75) is 6.54 Å². The Labute approximate surface area is 120 Å². The van der Waals surface area contributed by atoms with Gasteiger partial charge in [0, 0.05) is 18.0 Å². The Morgan fingerprint density at radius 1 is 0.952 bits per heavy atom. The van der Waals surface area contributed by atoms with Crippen molar-refractivity contribution >= 4 is 5.69 Å². The molecule has 3 nitrogen and oxygen atoms in total. The molecule has 21 heavy (non-hydrogen) atoms. The fourth-order valence-electron chi connectivity index (χ4n) is 2.03. The van der Waals surface area contributed by atoms with Crippen LogP contribution in [0.25, 0.3) is 5.69 Å². The molecule has 0 bridgehead atoms. The van der Waals surface area contributed by atoms with Crippen LogP contribution >= 0.6 is 0 Å². The lowest BCUT2D eigenvalue weighted by atomic mass is 10.3. The highest BCUT2D eigenvalue weighted by Gasteiger charge is 2.03. The second kappa shape index (κ2) is 5.75. The van der Waals surface area contributed by atoms with E-state index in [1.54, 1.807) is 4.68 Å². The van der Waals surface area contributed by atoms with Crippen LogP contribution in [-0.2, 0) is 6.54 Å². The molecule has 0 saturated heterocycles. The number of para-hydroxylation sites is 1. The maximum atomic E-state index is 13.1. The minimum atomic E-state index is -0.604. The van der Waals surface area contributed by atoms with Crippen LogP contribution in [0.1, 0.15) is 5.69 Å². The molecule has 1 aromatic heterocycles. The van der Waals surface area contributed by atoms with E-state index < -0.39 is 11.6 Å². The van der Waals surface area contributed by atoms with Gasteiger partial charge in [-0.1, -0.05) is 18.2 Å². The summed E-state index contributed by atoms with van der Waals surface area (Å²) in [5.41, 5.74) is 2.13. The number of hydrogen-bond acceptors (Lipinski definition) is 2. The quantitative estimate of drug-likeness (QED) is 0.791. The molecule has 0 radical (unpaired) electrons. The topological polar surface area (TPSA) is 29.9 Å². The summed E-state index contributed by atoms with van der Waals surface area (Å²) < 4.78 is 27.9. The smallest absolute Gasteiger partial charge is 0.128 e. The van der Waals surface area contributed by atoms with Gasteiger partial charge in [-0.3, -0.25) is 0 Å². The molecule has 0 aliphatic carbocycles. The van der Waals surface area contributed by atoms with E-state index in [1.165, 1.54) is 12.1 Å². The van der Waals surface area contributed by atoms with Gasteiger partial charge in [0.2, 0.25) is 0 Å².